The minimum atomic E-state index is -0.110. The van der Waals surface area contributed by atoms with Crippen molar-refractivity contribution in [3.63, 3.8) is 0 Å². The zero-order valence-electron chi connectivity index (χ0n) is 12.0. The SMILES string of the molecule is Cc1ccc(SCC(=O)Nc2ccccc2C#N)cc1C. The molecule has 0 fully saturated rings. The van der Waals surface area contributed by atoms with Gasteiger partial charge < -0.3 is 5.32 Å². The first-order valence-electron chi connectivity index (χ1n) is 6.59. The van der Waals surface area contributed by atoms with E-state index in [4.69, 9.17) is 5.26 Å². The summed E-state index contributed by atoms with van der Waals surface area (Å²) < 4.78 is 0. The number of benzene rings is 2. The average Bonchev–Trinajstić information content (AvgIpc) is 2.49. The summed E-state index contributed by atoms with van der Waals surface area (Å²) in [6.45, 7) is 4.12. The lowest BCUT2D eigenvalue weighted by atomic mass is 10.1. The third-order valence-electron chi connectivity index (χ3n) is 3.17. The molecule has 0 spiro atoms. The van der Waals surface area contributed by atoms with Crippen molar-refractivity contribution in [2.24, 2.45) is 0 Å². The molecule has 0 radical (unpaired) electrons. The zero-order valence-corrected chi connectivity index (χ0v) is 12.8. The molecular formula is C17H16N2OS. The fraction of sp³-hybridized carbons (Fsp3) is 0.176. The molecule has 0 bridgehead atoms. The second kappa shape index (κ2) is 6.96. The van der Waals surface area contributed by atoms with E-state index >= 15 is 0 Å². The normalized spacial score (nSPS) is 9.95. The highest BCUT2D eigenvalue weighted by Gasteiger charge is 2.07. The number of carbonyl (C=O) groups is 1. The van der Waals surface area contributed by atoms with E-state index in [1.807, 2.05) is 6.07 Å². The van der Waals surface area contributed by atoms with Gasteiger partial charge in [0.1, 0.15) is 6.07 Å². The summed E-state index contributed by atoms with van der Waals surface area (Å²) in [6, 6.07) is 15.2. The maximum atomic E-state index is 12.0. The van der Waals surface area contributed by atoms with E-state index in [1.54, 1.807) is 24.3 Å². The number of nitriles is 1. The van der Waals surface area contributed by atoms with Crippen LogP contribution in [0, 0.1) is 25.2 Å². The van der Waals surface area contributed by atoms with E-state index in [0.29, 0.717) is 17.0 Å². The van der Waals surface area contributed by atoms with Crippen molar-refractivity contribution in [2.75, 3.05) is 11.1 Å². The predicted octanol–water partition coefficient (Wildman–Crippen LogP) is 3.91. The number of carbonyl (C=O) groups excluding carboxylic acids is 1. The molecule has 21 heavy (non-hydrogen) atoms. The minimum Gasteiger partial charge on any atom is -0.324 e. The summed E-state index contributed by atoms with van der Waals surface area (Å²) in [5, 5.41) is 11.8. The maximum absolute atomic E-state index is 12.0. The zero-order chi connectivity index (χ0) is 15.2. The van der Waals surface area contributed by atoms with Gasteiger partial charge in [0.2, 0.25) is 5.91 Å². The molecule has 4 heteroatoms. The van der Waals surface area contributed by atoms with Crippen LogP contribution in [0.3, 0.4) is 0 Å². The summed E-state index contributed by atoms with van der Waals surface area (Å²) in [7, 11) is 0. The summed E-state index contributed by atoms with van der Waals surface area (Å²) in [5.41, 5.74) is 3.50. The van der Waals surface area contributed by atoms with Gasteiger partial charge in [-0.25, -0.2) is 0 Å². The molecule has 0 saturated carbocycles. The molecule has 3 nitrogen and oxygen atoms in total. The highest BCUT2D eigenvalue weighted by atomic mass is 32.2. The number of para-hydroxylation sites is 1. The number of anilines is 1. The van der Waals surface area contributed by atoms with Crippen molar-refractivity contribution in [2.45, 2.75) is 18.7 Å². The van der Waals surface area contributed by atoms with Crippen LogP contribution in [0.25, 0.3) is 0 Å². The van der Waals surface area contributed by atoms with E-state index in [0.717, 1.165) is 4.90 Å². The van der Waals surface area contributed by atoms with Gasteiger partial charge in [-0.2, -0.15) is 5.26 Å². The number of hydrogen-bond donors (Lipinski definition) is 1. The van der Waals surface area contributed by atoms with Gasteiger partial charge in [0.25, 0.3) is 0 Å². The Morgan fingerprint density at radius 3 is 2.67 bits per heavy atom. The lowest BCUT2D eigenvalue weighted by Gasteiger charge is -2.07. The quantitative estimate of drug-likeness (QED) is 0.870. The van der Waals surface area contributed by atoms with Crippen LogP contribution in [-0.4, -0.2) is 11.7 Å². The first kappa shape index (κ1) is 15.1. The first-order valence-corrected chi connectivity index (χ1v) is 7.58. The molecule has 106 valence electrons. The standard InChI is InChI=1S/C17H16N2OS/c1-12-7-8-15(9-13(12)2)21-11-17(20)19-16-6-4-3-5-14(16)10-18/h3-9H,11H2,1-2H3,(H,19,20). The number of nitrogens with zero attached hydrogens (tertiary/aromatic N) is 1. The summed E-state index contributed by atoms with van der Waals surface area (Å²) in [5.74, 6) is 0.211. The number of amides is 1. The van der Waals surface area contributed by atoms with Gasteiger partial charge in [-0.3, -0.25) is 4.79 Å². The molecule has 0 heterocycles. The number of hydrogen-bond acceptors (Lipinski definition) is 3. The van der Waals surface area contributed by atoms with Gasteiger partial charge in [-0.15, -0.1) is 11.8 Å². The molecule has 2 aromatic rings. The van der Waals surface area contributed by atoms with Gasteiger partial charge in [-0.05, 0) is 49.2 Å². The van der Waals surface area contributed by atoms with E-state index in [1.165, 1.54) is 22.9 Å². The van der Waals surface area contributed by atoms with Gasteiger partial charge in [-0.1, -0.05) is 18.2 Å². The van der Waals surface area contributed by atoms with Crippen molar-refractivity contribution in [1.29, 1.82) is 5.26 Å². The van der Waals surface area contributed by atoms with Gasteiger partial charge in [0, 0.05) is 4.90 Å². The van der Waals surface area contributed by atoms with E-state index < -0.39 is 0 Å². The van der Waals surface area contributed by atoms with Crippen molar-refractivity contribution in [3.8, 4) is 6.07 Å². The Hall–Kier alpha value is -2.25. The Bertz CT molecular complexity index is 704. The molecular weight excluding hydrogens is 280 g/mol. The Balaban J connectivity index is 1.96. The molecule has 0 aliphatic rings. The van der Waals surface area contributed by atoms with E-state index in [-0.39, 0.29) is 5.91 Å². The fourth-order valence-electron chi connectivity index (χ4n) is 1.83. The lowest BCUT2D eigenvalue weighted by Crippen LogP contribution is -2.14. The van der Waals surface area contributed by atoms with Crippen molar-refractivity contribution >= 4 is 23.4 Å². The van der Waals surface area contributed by atoms with Crippen LogP contribution in [0.15, 0.2) is 47.4 Å². The van der Waals surface area contributed by atoms with Crippen LogP contribution in [-0.2, 0) is 4.79 Å². The second-order valence-corrected chi connectivity index (χ2v) is 5.79. The molecule has 0 aliphatic carbocycles. The van der Waals surface area contributed by atoms with Crippen molar-refractivity contribution in [3.05, 3.63) is 59.2 Å². The first-order chi connectivity index (χ1) is 10.1. The number of aryl methyl sites for hydroxylation is 2. The average molecular weight is 296 g/mol. The largest absolute Gasteiger partial charge is 0.324 e. The van der Waals surface area contributed by atoms with Crippen molar-refractivity contribution < 1.29 is 4.79 Å². The van der Waals surface area contributed by atoms with Crippen LogP contribution >= 0.6 is 11.8 Å². The van der Waals surface area contributed by atoms with E-state index in [2.05, 4.69) is 37.4 Å². The lowest BCUT2D eigenvalue weighted by molar-refractivity contribution is -0.113. The van der Waals surface area contributed by atoms with Gasteiger partial charge in [0.05, 0.1) is 17.0 Å². The summed E-state index contributed by atoms with van der Waals surface area (Å²) in [4.78, 5) is 13.0. The molecule has 0 atom stereocenters. The molecule has 1 amide bonds. The fourth-order valence-corrected chi connectivity index (χ4v) is 2.62. The van der Waals surface area contributed by atoms with Crippen molar-refractivity contribution in [1.82, 2.24) is 0 Å². The molecule has 0 unspecified atom stereocenters. The Kier molecular flexibility index (Phi) is 5.02. The van der Waals surface area contributed by atoms with Gasteiger partial charge in [0.15, 0.2) is 0 Å². The predicted molar refractivity (Wildman–Crippen MR) is 86.4 cm³/mol. The molecule has 0 saturated heterocycles. The highest BCUT2D eigenvalue weighted by Crippen LogP contribution is 2.21. The molecule has 2 rings (SSSR count). The third-order valence-corrected chi connectivity index (χ3v) is 4.16. The highest BCUT2D eigenvalue weighted by molar-refractivity contribution is 8.00. The molecule has 2 aromatic carbocycles. The summed E-state index contributed by atoms with van der Waals surface area (Å²) in [6.07, 6.45) is 0. The van der Waals surface area contributed by atoms with Crippen LogP contribution in [0.5, 0.6) is 0 Å². The summed E-state index contributed by atoms with van der Waals surface area (Å²) >= 11 is 1.49. The number of rotatable bonds is 4. The number of nitrogens with one attached hydrogen (secondary N) is 1. The topological polar surface area (TPSA) is 52.9 Å². The van der Waals surface area contributed by atoms with Gasteiger partial charge >= 0.3 is 0 Å². The molecule has 1 N–H and O–H groups in total. The Morgan fingerprint density at radius 1 is 1.19 bits per heavy atom. The number of thioether (sulfide) groups is 1. The van der Waals surface area contributed by atoms with E-state index in [9.17, 15) is 4.79 Å². The Labute approximate surface area is 129 Å². The van der Waals surface area contributed by atoms with Crippen LogP contribution in [0.4, 0.5) is 5.69 Å². The molecule has 0 aliphatic heterocycles. The maximum Gasteiger partial charge on any atom is 0.234 e. The smallest absolute Gasteiger partial charge is 0.234 e. The minimum absolute atomic E-state index is 0.110. The Morgan fingerprint density at radius 2 is 1.95 bits per heavy atom. The monoisotopic (exact) mass is 296 g/mol. The second-order valence-electron chi connectivity index (χ2n) is 4.74. The molecule has 0 aromatic heterocycles. The van der Waals surface area contributed by atoms with Crippen LogP contribution < -0.4 is 5.32 Å². The van der Waals surface area contributed by atoms with Crippen LogP contribution in [0.1, 0.15) is 16.7 Å². The third kappa shape index (κ3) is 4.11. The van der Waals surface area contributed by atoms with Crippen LogP contribution in [0.2, 0.25) is 0 Å².